The minimum absolute atomic E-state index is 0.260. The molecule has 1 atom stereocenters. The van der Waals surface area contributed by atoms with E-state index >= 15 is 0 Å². The second-order valence-corrected chi connectivity index (χ2v) is 9.34. The van der Waals surface area contributed by atoms with Crippen LogP contribution in [0.25, 0.3) is 0 Å². The molecule has 0 fully saturated rings. The summed E-state index contributed by atoms with van der Waals surface area (Å²) in [5.41, 5.74) is 0. The van der Waals surface area contributed by atoms with Crippen molar-refractivity contribution in [2.75, 3.05) is 32.8 Å². The Bertz CT molecular complexity index is 446. The molecule has 1 rings (SSSR count). The third kappa shape index (κ3) is 12.2. The van der Waals surface area contributed by atoms with Gasteiger partial charge in [-0.25, -0.2) is 4.99 Å². The molecule has 176 valence electrons. The number of hydrogen-bond acceptors (Lipinski definition) is 2. The smallest absolute Gasteiger partial charge is 0.202 e. The molecule has 1 aliphatic heterocycles. The molecule has 0 saturated heterocycles. The number of amidine groups is 1. The summed E-state index contributed by atoms with van der Waals surface area (Å²) >= 11 is 0. The Hall–Kier alpha value is -0.670. The summed E-state index contributed by atoms with van der Waals surface area (Å²) in [6, 6.07) is 0. The zero-order chi connectivity index (χ0) is 21.8. The van der Waals surface area contributed by atoms with Crippen LogP contribution in [0.1, 0.15) is 123 Å². The van der Waals surface area contributed by atoms with Crippen molar-refractivity contribution in [2.45, 2.75) is 123 Å². The van der Waals surface area contributed by atoms with Crippen molar-refractivity contribution in [1.82, 2.24) is 0 Å². The first kappa shape index (κ1) is 27.4. The highest BCUT2D eigenvalue weighted by Gasteiger charge is 2.34. The predicted molar refractivity (Wildman–Crippen MR) is 133 cm³/mol. The Morgan fingerprint density at radius 3 is 1.80 bits per heavy atom. The highest BCUT2D eigenvalue weighted by atomic mass is 16.3. The van der Waals surface area contributed by atoms with Crippen molar-refractivity contribution in [3.63, 3.8) is 0 Å². The highest BCUT2D eigenvalue weighted by Crippen LogP contribution is 2.18. The fraction of sp³-hybridized carbons (Fsp3) is 0.889. The van der Waals surface area contributed by atoms with Crippen LogP contribution in [0.2, 0.25) is 0 Å². The number of allylic oxidation sites excluding steroid dienone is 1. The van der Waals surface area contributed by atoms with Gasteiger partial charge in [0.25, 0.3) is 0 Å². The molecule has 0 spiro atoms. The molecule has 0 aromatic rings. The lowest BCUT2D eigenvalue weighted by Crippen LogP contribution is -2.52. The standard InChI is InChI=1S/C27H53N2O/c1-3-5-6-7-8-9-10-11-12-13-14-15-16-17-18-19-20-21-22-27-28-23-24-29(27,4-2)25-26-30/h20-21,30H,3-19,22-26H2,1-2H3/q+1/b21-20+. The number of likely N-dealkylation sites (N-methyl/N-ethyl adjacent to an activating group) is 1. The average molecular weight is 422 g/mol. The fourth-order valence-corrected chi connectivity index (χ4v) is 4.78. The number of unbranched alkanes of at least 4 members (excludes halogenated alkanes) is 15. The van der Waals surface area contributed by atoms with Crippen LogP contribution in [0.5, 0.6) is 0 Å². The van der Waals surface area contributed by atoms with E-state index in [1.54, 1.807) is 0 Å². The van der Waals surface area contributed by atoms with Crippen LogP contribution in [0.15, 0.2) is 17.1 Å². The van der Waals surface area contributed by atoms with Gasteiger partial charge in [0, 0.05) is 0 Å². The van der Waals surface area contributed by atoms with Crippen molar-refractivity contribution in [2.24, 2.45) is 4.99 Å². The molecule has 0 aliphatic carbocycles. The highest BCUT2D eigenvalue weighted by molar-refractivity contribution is 5.78. The summed E-state index contributed by atoms with van der Waals surface area (Å²) < 4.78 is 0.903. The molecule has 30 heavy (non-hydrogen) atoms. The molecular formula is C27H53N2O+. The van der Waals surface area contributed by atoms with Crippen molar-refractivity contribution < 1.29 is 9.59 Å². The number of aliphatic imine (C=N–C) groups is 1. The van der Waals surface area contributed by atoms with Gasteiger partial charge < -0.3 is 5.11 Å². The second-order valence-electron chi connectivity index (χ2n) is 9.34. The van der Waals surface area contributed by atoms with Gasteiger partial charge in [-0.2, -0.15) is 0 Å². The van der Waals surface area contributed by atoms with Gasteiger partial charge in [0.1, 0.15) is 13.1 Å². The topological polar surface area (TPSA) is 32.6 Å². The number of aliphatic hydroxyl groups excluding tert-OH is 1. The van der Waals surface area contributed by atoms with Gasteiger partial charge in [-0.1, -0.05) is 109 Å². The molecule has 0 aromatic heterocycles. The van der Waals surface area contributed by atoms with Crippen molar-refractivity contribution >= 4 is 5.84 Å². The minimum atomic E-state index is 0.260. The van der Waals surface area contributed by atoms with Gasteiger partial charge in [-0.15, -0.1) is 0 Å². The van der Waals surface area contributed by atoms with Gasteiger partial charge in [0.05, 0.1) is 26.1 Å². The van der Waals surface area contributed by atoms with E-state index in [0.29, 0.717) is 0 Å². The van der Waals surface area contributed by atoms with Gasteiger partial charge in [0.2, 0.25) is 5.84 Å². The molecule has 3 nitrogen and oxygen atoms in total. The lowest BCUT2D eigenvalue weighted by molar-refractivity contribution is -0.834. The number of hydrogen-bond donors (Lipinski definition) is 1. The summed E-state index contributed by atoms with van der Waals surface area (Å²) in [5, 5.41) is 9.38. The van der Waals surface area contributed by atoms with E-state index in [-0.39, 0.29) is 6.61 Å². The SMILES string of the molecule is CCCCCCCCCCCCCCCCC/C=C/CC1=NCC[N+]1(CC)CCO. The Morgan fingerprint density at radius 1 is 0.767 bits per heavy atom. The quantitative estimate of drug-likeness (QED) is 0.117. The van der Waals surface area contributed by atoms with Crippen LogP contribution in [-0.2, 0) is 0 Å². The summed E-state index contributed by atoms with van der Waals surface area (Å²) in [5.74, 6) is 1.28. The molecule has 0 bridgehead atoms. The zero-order valence-electron chi connectivity index (χ0n) is 20.6. The van der Waals surface area contributed by atoms with Crippen LogP contribution >= 0.6 is 0 Å². The van der Waals surface area contributed by atoms with Crippen molar-refractivity contribution in [3.05, 3.63) is 12.2 Å². The van der Waals surface area contributed by atoms with E-state index < -0.39 is 0 Å². The van der Waals surface area contributed by atoms with E-state index in [0.717, 1.165) is 37.1 Å². The molecule has 0 radical (unpaired) electrons. The van der Waals surface area contributed by atoms with E-state index in [2.05, 4.69) is 26.0 Å². The zero-order valence-corrected chi connectivity index (χ0v) is 20.6. The first-order valence-corrected chi connectivity index (χ1v) is 13.4. The van der Waals surface area contributed by atoms with Crippen LogP contribution in [-0.4, -0.2) is 48.2 Å². The van der Waals surface area contributed by atoms with Crippen LogP contribution < -0.4 is 0 Å². The maximum Gasteiger partial charge on any atom is 0.202 e. The molecule has 0 saturated carbocycles. The molecule has 1 N–H and O–H groups in total. The third-order valence-corrected chi connectivity index (χ3v) is 6.94. The van der Waals surface area contributed by atoms with Crippen molar-refractivity contribution in [3.8, 4) is 0 Å². The molecule has 1 unspecified atom stereocenters. The van der Waals surface area contributed by atoms with Gasteiger partial charge in [-0.05, 0) is 19.8 Å². The summed E-state index contributed by atoms with van der Waals surface area (Å²) in [7, 11) is 0. The molecular weight excluding hydrogens is 368 g/mol. The largest absolute Gasteiger partial charge is 0.390 e. The fourth-order valence-electron chi connectivity index (χ4n) is 4.78. The Morgan fingerprint density at radius 2 is 1.30 bits per heavy atom. The Labute approximate surface area is 188 Å². The summed E-state index contributed by atoms with van der Waals surface area (Å²) in [4.78, 5) is 4.72. The van der Waals surface area contributed by atoms with Crippen molar-refractivity contribution in [1.29, 1.82) is 0 Å². The second kappa shape index (κ2) is 19.0. The third-order valence-electron chi connectivity index (χ3n) is 6.94. The summed E-state index contributed by atoms with van der Waals surface area (Å²) in [6.45, 7) is 8.64. The molecule has 1 aliphatic rings. The van der Waals surface area contributed by atoms with Crippen LogP contribution in [0.3, 0.4) is 0 Å². The molecule has 1 heterocycles. The lowest BCUT2D eigenvalue weighted by atomic mass is 10.0. The first-order chi connectivity index (χ1) is 14.8. The number of rotatable bonds is 21. The van der Waals surface area contributed by atoms with E-state index in [9.17, 15) is 5.11 Å². The lowest BCUT2D eigenvalue weighted by Gasteiger charge is -2.32. The average Bonchev–Trinajstić information content (AvgIpc) is 3.16. The van der Waals surface area contributed by atoms with E-state index in [1.807, 2.05) is 0 Å². The minimum Gasteiger partial charge on any atom is -0.390 e. The normalized spacial score (nSPS) is 19.1. The molecule has 0 aromatic carbocycles. The monoisotopic (exact) mass is 421 g/mol. The Balaban J connectivity index is 1.87. The summed E-state index contributed by atoms with van der Waals surface area (Å²) in [6.07, 6.45) is 28.3. The number of nitrogens with zero attached hydrogens (tertiary/aromatic N) is 2. The van der Waals surface area contributed by atoms with Crippen LogP contribution in [0.4, 0.5) is 0 Å². The number of quaternary nitrogens is 1. The maximum atomic E-state index is 9.38. The van der Waals surface area contributed by atoms with E-state index in [4.69, 9.17) is 4.99 Å². The van der Waals surface area contributed by atoms with Gasteiger partial charge in [-0.3, -0.25) is 4.48 Å². The maximum absolute atomic E-state index is 9.38. The molecule has 0 amide bonds. The van der Waals surface area contributed by atoms with Gasteiger partial charge in [0.15, 0.2) is 0 Å². The van der Waals surface area contributed by atoms with Gasteiger partial charge >= 0.3 is 0 Å². The molecule has 3 heteroatoms. The number of aliphatic hydroxyl groups is 1. The Kier molecular flexibility index (Phi) is 17.4. The van der Waals surface area contributed by atoms with Crippen LogP contribution in [0, 0.1) is 0 Å². The first-order valence-electron chi connectivity index (χ1n) is 13.4. The van der Waals surface area contributed by atoms with E-state index in [1.165, 1.54) is 109 Å². The predicted octanol–water partition coefficient (Wildman–Crippen LogP) is 7.44.